The van der Waals surface area contributed by atoms with Crippen LogP contribution in [0.15, 0.2) is 22.7 Å². The van der Waals surface area contributed by atoms with Crippen molar-refractivity contribution in [2.75, 3.05) is 6.54 Å². The fourth-order valence-electron chi connectivity index (χ4n) is 4.44. The summed E-state index contributed by atoms with van der Waals surface area (Å²) in [6, 6.07) is 7.38. The van der Waals surface area contributed by atoms with E-state index in [9.17, 15) is 0 Å². The first-order chi connectivity index (χ1) is 9.67. The molecule has 2 heteroatoms. The summed E-state index contributed by atoms with van der Waals surface area (Å²) in [7, 11) is 0. The molecule has 0 saturated heterocycles. The third-order valence-corrected chi connectivity index (χ3v) is 6.35. The maximum atomic E-state index is 3.72. The normalized spacial score (nSPS) is 29.9. The summed E-state index contributed by atoms with van der Waals surface area (Å²) in [5, 5.41) is 3.72. The summed E-state index contributed by atoms with van der Waals surface area (Å²) in [6.07, 6.45) is 7.33. The molecule has 0 aliphatic heterocycles. The number of hydrogen-bond acceptors (Lipinski definition) is 1. The van der Waals surface area contributed by atoms with Crippen LogP contribution in [0.25, 0.3) is 0 Å². The van der Waals surface area contributed by atoms with E-state index < -0.39 is 0 Å². The van der Waals surface area contributed by atoms with Crippen molar-refractivity contribution in [1.82, 2.24) is 5.32 Å². The Balaban J connectivity index is 1.73. The van der Waals surface area contributed by atoms with Gasteiger partial charge in [-0.3, -0.25) is 0 Å². The van der Waals surface area contributed by atoms with E-state index in [0.29, 0.717) is 6.04 Å². The molecular formula is C18H26BrN. The third-order valence-electron chi connectivity index (χ3n) is 5.46. The smallest absolute Gasteiger partial charge is 0.0322 e. The van der Waals surface area contributed by atoms with Gasteiger partial charge in [-0.05, 0) is 74.1 Å². The van der Waals surface area contributed by atoms with Crippen molar-refractivity contribution in [3.63, 3.8) is 0 Å². The summed E-state index contributed by atoms with van der Waals surface area (Å²) in [6.45, 7) is 5.47. The van der Waals surface area contributed by atoms with Crippen LogP contribution in [0.4, 0.5) is 0 Å². The van der Waals surface area contributed by atoms with Gasteiger partial charge in [-0.1, -0.05) is 41.4 Å². The van der Waals surface area contributed by atoms with E-state index in [-0.39, 0.29) is 0 Å². The maximum absolute atomic E-state index is 3.72. The summed E-state index contributed by atoms with van der Waals surface area (Å²) in [4.78, 5) is 0. The molecule has 0 amide bonds. The lowest BCUT2D eigenvalue weighted by molar-refractivity contribution is 0.280. The molecule has 0 spiro atoms. The van der Waals surface area contributed by atoms with Gasteiger partial charge in [0.2, 0.25) is 0 Å². The molecule has 0 radical (unpaired) electrons. The second-order valence-electron chi connectivity index (χ2n) is 6.79. The third kappa shape index (κ3) is 2.96. The topological polar surface area (TPSA) is 12.0 Å². The van der Waals surface area contributed by atoms with E-state index in [0.717, 1.165) is 24.3 Å². The van der Waals surface area contributed by atoms with Gasteiger partial charge in [0, 0.05) is 10.5 Å². The van der Waals surface area contributed by atoms with Gasteiger partial charge in [0.05, 0.1) is 0 Å². The highest BCUT2D eigenvalue weighted by atomic mass is 79.9. The standard InChI is InChI=1S/C18H26BrN/c1-3-20-18(15-6-7-17(19)12(2)8-15)11-16-10-13-4-5-14(16)9-13/h6-8,13-14,16,18,20H,3-5,9-11H2,1-2H3. The molecule has 2 saturated carbocycles. The number of benzene rings is 1. The Hall–Kier alpha value is -0.340. The summed E-state index contributed by atoms with van der Waals surface area (Å²) < 4.78 is 1.22. The fourth-order valence-corrected chi connectivity index (χ4v) is 4.68. The molecular weight excluding hydrogens is 310 g/mol. The van der Waals surface area contributed by atoms with Crippen molar-refractivity contribution in [2.24, 2.45) is 17.8 Å². The molecule has 1 aromatic rings. The van der Waals surface area contributed by atoms with Crippen molar-refractivity contribution in [2.45, 2.75) is 52.0 Å². The SMILES string of the molecule is CCNC(CC1CC2CCC1C2)c1ccc(Br)c(C)c1. The average molecular weight is 336 g/mol. The molecule has 2 aliphatic carbocycles. The van der Waals surface area contributed by atoms with E-state index in [4.69, 9.17) is 0 Å². The van der Waals surface area contributed by atoms with E-state index in [1.807, 2.05) is 0 Å². The first-order valence-corrected chi connectivity index (χ1v) is 8.96. The van der Waals surface area contributed by atoms with Crippen LogP contribution in [-0.4, -0.2) is 6.54 Å². The molecule has 1 N–H and O–H groups in total. The van der Waals surface area contributed by atoms with Crippen molar-refractivity contribution in [3.05, 3.63) is 33.8 Å². The quantitative estimate of drug-likeness (QED) is 0.776. The van der Waals surface area contributed by atoms with Crippen LogP contribution >= 0.6 is 15.9 Å². The van der Waals surface area contributed by atoms with E-state index >= 15 is 0 Å². The zero-order chi connectivity index (χ0) is 14.1. The minimum Gasteiger partial charge on any atom is -0.310 e. The number of nitrogens with one attached hydrogen (secondary N) is 1. The van der Waals surface area contributed by atoms with Crippen molar-refractivity contribution >= 4 is 15.9 Å². The second-order valence-corrected chi connectivity index (χ2v) is 7.64. The summed E-state index contributed by atoms with van der Waals surface area (Å²) in [5.41, 5.74) is 2.81. The zero-order valence-corrected chi connectivity index (χ0v) is 14.2. The number of hydrogen-bond donors (Lipinski definition) is 1. The van der Waals surface area contributed by atoms with Gasteiger partial charge in [-0.25, -0.2) is 0 Å². The lowest BCUT2D eigenvalue weighted by Gasteiger charge is -2.28. The summed E-state index contributed by atoms with van der Waals surface area (Å²) >= 11 is 3.61. The molecule has 4 unspecified atom stereocenters. The molecule has 0 aromatic heterocycles. The molecule has 3 rings (SSSR count). The highest BCUT2D eigenvalue weighted by Gasteiger charge is 2.40. The number of halogens is 1. The molecule has 20 heavy (non-hydrogen) atoms. The Morgan fingerprint density at radius 2 is 2.15 bits per heavy atom. The van der Waals surface area contributed by atoms with Gasteiger partial charge >= 0.3 is 0 Å². The fraction of sp³-hybridized carbons (Fsp3) is 0.667. The van der Waals surface area contributed by atoms with Crippen LogP contribution in [0.2, 0.25) is 0 Å². The van der Waals surface area contributed by atoms with Crippen molar-refractivity contribution < 1.29 is 0 Å². The predicted octanol–water partition coefficient (Wildman–Crippen LogP) is 5.23. The largest absolute Gasteiger partial charge is 0.310 e. The van der Waals surface area contributed by atoms with Gasteiger partial charge < -0.3 is 5.32 Å². The lowest BCUT2D eigenvalue weighted by atomic mass is 9.82. The predicted molar refractivity (Wildman–Crippen MR) is 88.9 cm³/mol. The monoisotopic (exact) mass is 335 g/mol. The van der Waals surface area contributed by atoms with Crippen LogP contribution in [-0.2, 0) is 0 Å². The van der Waals surface area contributed by atoms with Crippen LogP contribution in [0.1, 0.15) is 56.2 Å². The second kappa shape index (κ2) is 6.19. The zero-order valence-electron chi connectivity index (χ0n) is 12.7. The maximum Gasteiger partial charge on any atom is 0.0322 e. The molecule has 0 heterocycles. The number of fused-ring (bicyclic) bond motifs is 2. The Bertz CT molecular complexity index is 470. The Morgan fingerprint density at radius 1 is 1.30 bits per heavy atom. The Morgan fingerprint density at radius 3 is 2.75 bits per heavy atom. The van der Waals surface area contributed by atoms with Crippen LogP contribution in [0.5, 0.6) is 0 Å². The lowest BCUT2D eigenvalue weighted by Crippen LogP contribution is -2.25. The van der Waals surface area contributed by atoms with Gasteiger partial charge in [-0.15, -0.1) is 0 Å². The van der Waals surface area contributed by atoms with Gasteiger partial charge in [0.25, 0.3) is 0 Å². The van der Waals surface area contributed by atoms with Crippen LogP contribution in [0.3, 0.4) is 0 Å². The van der Waals surface area contributed by atoms with Gasteiger partial charge in [0.1, 0.15) is 0 Å². The van der Waals surface area contributed by atoms with E-state index in [2.05, 4.69) is 53.3 Å². The van der Waals surface area contributed by atoms with Crippen LogP contribution < -0.4 is 5.32 Å². The van der Waals surface area contributed by atoms with Gasteiger partial charge in [0.15, 0.2) is 0 Å². The molecule has 4 atom stereocenters. The average Bonchev–Trinajstić information content (AvgIpc) is 3.04. The molecule has 1 nitrogen and oxygen atoms in total. The van der Waals surface area contributed by atoms with E-state index in [1.54, 1.807) is 0 Å². The first kappa shape index (κ1) is 14.6. The minimum atomic E-state index is 0.538. The Labute approximate surface area is 131 Å². The van der Waals surface area contributed by atoms with E-state index in [1.165, 1.54) is 47.7 Å². The molecule has 1 aromatic carbocycles. The van der Waals surface area contributed by atoms with Crippen molar-refractivity contribution in [3.8, 4) is 0 Å². The molecule has 2 aliphatic rings. The van der Waals surface area contributed by atoms with Gasteiger partial charge in [-0.2, -0.15) is 0 Å². The van der Waals surface area contributed by atoms with Crippen molar-refractivity contribution in [1.29, 1.82) is 0 Å². The number of aryl methyl sites for hydroxylation is 1. The minimum absolute atomic E-state index is 0.538. The summed E-state index contributed by atoms with van der Waals surface area (Å²) in [5.74, 6) is 3.04. The number of rotatable bonds is 5. The first-order valence-electron chi connectivity index (χ1n) is 8.16. The molecule has 110 valence electrons. The highest BCUT2D eigenvalue weighted by molar-refractivity contribution is 9.10. The Kier molecular flexibility index (Phi) is 4.52. The highest BCUT2D eigenvalue weighted by Crippen LogP contribution is 2.51. The molecule has 2 fully saturated rings. The molecule has 2 bridgehead atoms. The van der Waals surface area contributed by atoms with Crippen LogP contribution in [0, 0.1) is 24.7 Å².